The summed E-state index contributed by atoms with van der Waals surface area (Å²) in [6, 6.07) is 0. The highest BCUT2D eigenvalue weighted by atomic mass is 16.5. The SMILES string of the molecule is O=C(O)C1CCC2(CCCO2)CC1C(=O)O. The van der Waals surface area contributed by atoms with Gasteiger partial charge >= 0.3 is 11.9 Å². The Morgan fingerprint density at radius 1 is 1.12 bits per heavy atom. The fourth-order valence-corrected chi connectivity index (χ4v) is 2.93. The number of rotatable bonds is 2. The molecule has 0 bridgehead atoms. The van der Waals surface area contributed by atoms with Crippen molar-refractivity contribution in [3.8, 4) is 0 Å². The third-order valence-corrected chi connectivity index (χ3v) is 3.81. The molecule has 3 atom stereocenters. The predicted octanol–water partition coefficient (Wildman–Crippen LogP) is 1.12. The second kappa shape index (κ2) is 4.05. The van der Waals surface area contributed by atoms with Gasteiger partial charge in [0.1, 0.15) is 0 Å². The molecule has 5 nitrogen and oxygen atoms in total. The van der Waals surface area contributed by atoms with Crippen LogP contribution in [0.1, 0.15) is 32.1 Å². The quantitative estimate of drug-likeness (QED) is 0.740. The Labute approximate surface area is 93.4 Å². The van der Waals surface area contributed by atoms with E-state index < -0.39 is 23.8 Å². The first-order valence-electron chi connectivity index (χ1n) is 5.64. The van der Waals surface area contributed by atoms with Crippen LogP contribution in [-0.4, -0.2) is 34.4 Å². The Morgan fingerprint density at radius 2 is 1.81 bits per heavy atom. The normalized spacial score (nSPS) is 38.8. The van der Waals surface area contributed by atoms with Crippen LogP contribution in [-0.2, 0) is 14.3 Å². The number of carbonyl (C=O) groups is 2. The summed E-state index contributed by atoms with van der Waals surface area (Å²) < 4.78 is 5.63. The molecule has 2 aliphatic rings. The molecule has 90 valence electrons. The number of aliphatic carboxylic acids is 2. The molecule has 5 heteroatoms. The molecule has 0 aromatic heterocycles. The molecule has 1 spiro atoms. The highest BCUT2D eigenvalue weighted by Crippen LogP contribution is 2.44. The van der Waals surface area contributed by atoms with Gasteiger partial charge in [-0.1, -0.05) is 0 Å². The summed E-state index contributed by atoms with van der Waals surface area (Å²) >= 11 is 0. The summed E-state index contributed by atoms with van der Waals surface area (Å²) in [5.41, 5.74) is -0.352. The first kappa shape index (κ1) is 11.4. The minimum atomic E-state index is -1.01. The maximum Gasteiger partial charge on any atom is 0.307 e. The van der Waals surface area contributed by atoms with E-state index in [1.54, 1.807) is 0 Å². The van der Waals surface area contributed by atoms with Crippen LogP contribution >= 0.6 is 0 Å². The number of hydrogen-bond acceptors (Lipinski definition) is 3. The summed E-state index contributed by atoms with van der Waals surface area (Å²) in [6.07, 6.45) is 3.24. The molecular formula is C11H16O5. The number of hydrogen-bond donors (Lipinski definition) is 2. The molecule has 1 aliphatic heterocycles. The smallest absolute Gasteiger partial charge is 0.307 e. The summed E-state index contributed by atoms with van der Waals surface area (Å²) in [7, 11) is 0. The van der Waals surface area contributed by atoms with Gasteiger partial charge in [0.25, 0.3) is 0 Å². The standard InChI is InChI=1S/C11H16O5/c12-9(13)7-2-4-11(3-1-5-16-11)6-8(7)10(14)15/h7-8H,1-6H2,(H,12,13)(H,14,15). The van der Waals surface area contributed by atoms with Crippen LogP contribution in [0.5, 0.6) is 0 Å². The fourth-order valence-electron chi connectivity index (χ4n) is 2.93. The summed E-state index contributed by atoms with van der Waals surface area (Å²) in [4.78, 5) is 22.1. The third-order valence-electron chi connectivity index (χ3n) is 3.81. The molecule has 1 heterocycles. The minimum Gasteiger partial charge on any atom is -0.481 e. The zero-order valence-corrected chi connectivity index (χ0v) is 9.02. The van der Waals surface area contributed by atoms with Gasteiger partial charge in [-0.25, -0.2) is 0 Å². The van der Waals surface area contributed by atoms with Crippen LogP contribution < -0.4 is 0 Å². The van der Waals surface area contributed by atoms with Gasteiger partial charge in [0.2, 0.25) is 0 Å². The van der Waals surface area contributed by atoms with Crippen molar-refractivity contribution in [3.63, 3.8) is 0 Å². The molecule has 0 aromatic carbocycles. The van der Waals surface area contributed by atoms with E-state index >= 15 is 0 Å². The van der Waals surface area contributed by atoms with E-state index in [1.807, 2.05) is 0 Å². The molecule has 0 amide bonds. The van der Waals surface area contributed by atoms with Crippen LogP contribution in [0.3, 0.4) is 0 Å². The monoisotopic (exact) mass is 228 g/mol. The number of carboxylic acids is 2. The van der Waals surface area contributed by atoms with Gasteiger partial charge in [-0.05, 0) is 32.1 Å². The van der Waals surface area contributed by atoms with Gasteiger partial charge in [-0.15, -0.1) is 0 Å². The first-order chi connectivity index (χ1) is 7.54. The number of carboxylic acid groups (broad SMARTS) is 2. The molecule has 2 fully saturated rings. The van der Waals surface area contributed by atoms with Crippen LogP contribution in [0.2, 0.25) is 0 Å². The van der Waals surface area contributed by atoms with Crippen LogP contribution in [0.15, 0.2) is 0 Å². The Kier molecular flexibility index (Phi) is 2.88. The van der Waals surface area contributed by atoms with Crippen molar-refractivity contribution in [2.24, 2.45) is 11.8 Å². The molecule has 1 saturated heterocycles. The highest BCUT2D eigenvalue weighted by Gasteiger charge is 2.48. The third kappa shape index (κ3) is 1.91. The average molecular weight is 228 g/mol. The molecule has 1 saturated carbocycles. The van der Waals surface area contributed by atoms with Gasteiger partial charge in [-0.2, -0.15) is 0 Å². The van der Waals surface area contributed by atoms with Gasteiger partial charge in [0, 0.05) is 6.61 Å². The lowest BCUT2D eigenvalue weighted by Gasteiger charge is -2.38. The Hall–Kier alpha value is -1.10. The van der Waals surface area contributed by atoms with Crippen molar-refractivity contribution >= 4 is 11.9 Å². The molecule has 16 heavy (non-hydrogen) atoms. The van der Waals surface area contributed by atoms with Crippen molar-refractivity contribution in [2.45, 2.75) is 37.7 Å². The maximum atomic E-state index is 11.1. The molecular weight excluding hydrogens is 212 g/mol. The average Bonchev–Trinajstić information content (AvgIpc) is 2.66. The Morgan fingerprint density at radius 3 is 2.31 bits per heavy atom. The van der Waals surface area contributed by atoms with Gasteiger partial charge in [0.15, 0.2) is 0 Å². The molecule has 0 radical (unpaired) electrons. The Bertz CT molecular complexity index is 305. The summed E-state index contributed by atoms with van der Waals surface area (Å²) in [5.74, 6) is -3.57. The van der Waals surface area contributed by atoms with Gasteiger partial charge < -0.3 is 14.9 Å². The van der Waals surface area contributed by atoms with E-state index in [9.17, 15) is 9.59 Å². The van der Waals surface area contributed by atoms with E-state index in [-0.39, 0.29) is 5.60 Å². The summed E-state index contributed by atoms with van der Waals surface area (Å²) in [5, 5.41) is 18.1. The van der Waals surface area contributed by atoms with Crippen LogP contribution in [0.4, 0.5) is 0 Å². The largest absolute Gasteiger partial charge is 0.481 e. The van der Waals surface area contributed by atoms with Crippen LogP contribution in [0, 0.1) is 11.8 Å². The molecule has 2 rings (SSSR count). The zero-order chi connectivity index (χ0) is 11.8. The van der Waals surface area contributed by atoms with E-state index in [0.717, 1.165) is 12.8 Å². The molecule has 3 unspecified atom stereocenters. The summed E-state index contributed by atoms with van der Waals surface area (Å²) in [6.45, 7) is 0.671. The minimum absolute atomic E-state index is 0.347. The lowest BCUT2D eigenvalue weighted by atomic mass is 9.70. The maximum absolute atomic E-state index is 11.1. The Balaban J connectivity index is 2.14. The lowest BCUT2D eigenvalue weighted by molar-refractivity contribution is -0.162. The molecule has 1 aliphatic carbocycles. The lowest BCUT2D eigenvalue weighted by Crippen LogP contribution is -2.44. The van der Waals surface area contributed by atoms with Crippen molar-refractivity contribution in [3.05, 3.63) is 0 Å². The molecule has 2 N–H and O–H groups in total. The predicted molar refractivity (Wildman–Crippen MR) is 54.0 cm³/mol. The molecule has 0 aromatic rings. The van der Waals surface area contributed by atoms with E-state index in [2.05, 4.69) is 0 Å². The van der Waals surface area contributed by atoms with Gasteiger partial charge in [0.05, 0.1) is 17.4 Å². The second-order valence-corrected chi connectivity index (χ2v) is 4.77. The topological polar surface area (TPSA) is 83.8 Å². The van der Waals surface area contributed by atoms with E-state index in [0.29, 0.717) is 25.9 Å². The van der Waals surface area contributed by atoms with Crippen molar-refractivity contribution in [1.82, 2.24) is 0 Å². The van der Waals surface area contributed by atoms with Crippen molar-refractivity contribution in [1.29, 1.82) is 0 Å². The number of ether oxygens (including phenoxy) is 1. The second-order valence-electron chi connectivity index (χ2n) is 4.77. The first-order valence-corrected chi connectivity index (χ1v) is 5.64. The zero-order valence-electron chi connectivity index (χ0n) is 9.02. The highest BCUT2D eigenvalue weighted by molar-refractivity contribution is 5.80. The van der Waals surface area contributed by atoms with Crippen molar-refractivity contribution in [2.75, 3.05) is 6.61 Å². The fraction of sp³-hybridized carbons (Fsp3) is 0.818. The van der Waals surface area contributed by atoms with Gasteiger partial charge in [-0.3, -0.25) is 9.59 Å². The van der Waals surface area contributed by atoms with Crippen molar-refractivity contribution < 1.29 is 24.5 Å². The van der Waals surface area contributed by atoms with Crippen LogP contribution in [0.25, 0.3) is 0 Å². The van der Waals surface area contributed by atoms with E-state index in [4.69, 9.17) is 14.9 Å². The van der Waals surface area contributed by atoms with E-state index in [1.165, 1.54) is 0 Å².